The normalized spacial score (nSPS) is 16.7. The summed E-state index contributed by atoms with van der Waals surface area (Å²) in [5, 5.41) is 4.11. The molecule has 1 N–H and O–H groups in total. The fraction of sp³-hybridized carbons (Fsp3) is 0.300. The molecule has 4 rings (SSSR count). The van der Waals surface area contributed by atoms with Crippen molar-refractivity contribution < 1.29 is 0 Å². The molecule has 0 amide bonds. The average Bonchev–Trinajstić information content (AvgIpc) is 3.23. The Kier molecular flexibility index (Phi) is 4.51. The summed E-state index contributed by atoms with van der Waals surface area (Å²) in [4.78, 5) is 19.3. The van der Waals surface area contributed by atoms with E-state index in [2.05, 4.69) is 47.1 Å². The number of aryl methyl sites for hydroxylation is 1. The summed E-state index contributed by atoms with van der Waals surface area (Å²) in [6.07, 6.45) is 5.78. The Bertz CT molecular complexity index is 1020. The molecule has 3 aromatic rings. The number of anilines is 2. The molecule has 1 unspecified atom stereocenters. The van der Waals surface area contributed by atoms with Gasteiger partial charge in [0.1, 0.15) is 16.2 Å². The number of nitrogens with zero attached hydrogens (tertiary/aromatic N) is 4. The van der Waals surface area contributed by atoms with Crippen LogP contribution in [0.25, 0.3) is 15.9 Å². The zero-order valence-electron chi connectivity index (χ0n) is 15.2. The fourth-order valence-electron chi connectivity index (χ4n) is 3.13. The molecular formula is C20H21N5S. The van der Waals surface area contributed by atoms with Crippen molar-refractivity contribution in [3.63, 3.8) is 0 Å². The van der Waals surface area contributed by atoms with E-state index in [1.807, 2.05) is 30.6 Å². The highest BCUT2D eigenvalue weighted by atomic mass is 32.1. The predicted octanol–water partition coefficient (Wildman–Crippen LogP) is 5.03. The van der Waals surface area contributed by atoms with Gasteiger partial charge in [-0.3, -0.25) is 4.99 Å². The maximum atomic E-state index is 4.82. The molecule has 0 bridgehead atoms. The van der Waals surface area contributed by atoms with Crippen LogP contribution in [0.2, 0.25) is 0 Å². The molecule has 1 atom stereocenters. The maximum Gasteiger partial charge on any atom is 0.190 e. The van der Waals surface area contributed by atoms with Crippen LogP contribution in [0, 0.1) is 0 Å². The fourth-order valence-corrected chi connectivity index (χ4v) is 3.98. The minimum atomic E-state index is 0.290. The first-order valence-electron chi connectivity index (χ1n) is 8.91. The summed E-state index contributed by atoms with van der Waals surface area (Å²) in [6, 6.07) is 8.44. The third-order valence-corrected chi connectivity index (χ3v) is 5.57. The minimum absolute atomic E-state index is 0.290. The molecule has 0 aromatic carbocycles. The van der Waals surface area contributed by atoms with Crippen LogP contribution >= 0.6 is 11.3 Å². The number of pyridine rings is 2. The van der Waals surface area contributed by atoms with Crippen LogP contribution in [0.3, 0.4) is 0 Å². The molecule has 1 aliphatic rings. The molecular weight excluding hydrogens is 342 g/mol. The molecule has 5 nitrogen and oxygen atoms in total. The zero-order valence-corrected chi connectivity index (χ0v) is 16.0. The van der Waals surface area contributed by atoms with Gasteiger partial charge in [-0.1, -0.05) is 25.2 Å². The van der Waals surface area contributed by atoms with Crippen LogP contribution in [0.4, 0.5) is 10.9 Å². The largest absolute Gasteiger partial charge is 0.316 e. The summed E-state index contributed by atoms with van der Waals surface area (Å²) in [6.45, 7) is 6.44. The van der Waals surface area contributed by atoms with Crippen LogP contribution in [-0.2, 0) is 6.42 Å². The van der Waals surface area contributed by atoms with Crippen molar-refractivity contribution >= 4 is 44.4 Å². The zero-order chi connectivity index (χ0) is 18.1. The summed E-state index contributed by atoms with van der Waals surface area (Å²) in [7, 11) is 0. The molecule has 0 saturated heterocycles. The summed E-state index contributed by atoms with van der Waals surface area (Å²) in [5.74, 6) is 0.816. The Labute approximate surface area is 157 Å². The highest BCUT2D eigenvalue weighted by Crippen LogP contribution is 2.31. The van der Waals surface area contributed by atoms with E-state index in [0.29, 0.717) is 0 Å². The molecule has 0 radical (unpaired) electrons. The van der Waals surface area contributed by atoms with Crippen LogP contribution < -0.4 is 5.32 Å². The molecule has 6 heteroatoms. The molecule has 4 heterocycles. The van der Waals surface area contributed by atoms with Gasteiger partial charge in [0.2, 0.25) is 0 Å². The standard InChI is InChI=1S/C20H21N5S/c1-4-13-8-9-21-18(10-13)25-20-24-17-7-6-16(23-19(17)26-20)14-11-22-15(5-2)12(14)3/h6-11,15H,4-5H2,1-3H3,(H,21,24,25). The van der Waals surface area contributed by atoms with E-state index in [-0.39, 0.29) is 6.04 Å². The number of thiazole rings is 1. The average molecular weight is 363 g/mol. The second kappa shape index (κ2) is 6.96. The third kappa shape index (κ3) is 3.12. The third-order valence-electron chi connectivity index (χ3n) is 4.69. The van der Waals surface area contributed by atoms with E-state index < -0.39 is 0 Å². The second-order valence-corrected chi connectivity index (χ2v) is 7.34. The van der Waals surface area contributed by atoms with E-state index in [1.54, 1.807) is 11.3 Å². The number of nitrogens with one attached hydrogen (secondary N) is 1. The van der Waals surface area contributed by atoms with Gasteiger partial charge >= 0.3 is 0 Å². The van der Waals surface area contributed by atoms with Crippen molar-refractivity contribution in [2.45, 2.75) is 39.7 Å². The number of hydrogen-bond acceptors (Lipinski definition) is 6. The molecule has 3 aromatic heterocycles. The minimum Gasteiger partial charge on any atom is -0.316 e. The molecule has 132 valence electrons. The lowest BCUT2D eigenvalue weighted by atomic mass is 10.0. The number of aromatic nitrogens is 3. The Morgan fingerprint density at radius 3 is 2.81 bits per heavy atom. The summed E-state index contributed by atoms with van der Waals surface area (Å²) < 4.78 is 0. The van der Waals surface area contributed by atoms with Crippen LogP contribution in [0.15, 0.2) is 41.0 Å². The Balaban J connectivity index is 1.64. The lowest BCUT2D eigenvalue weighted by Gasteiger charge is -2.06. The molecule has 0 spiro atoms. The van der Waals surface area contributed by atoms with Gasteiger partial charge in [-0.05, 0) is 55.2 Å². The van der Waals surface area contributed by atoms with Gasteiger partial charge in [0.25, 0.3) is 0 Å². The Morgan fingerprint density at radius 1 is 1.15 bits per heavy atom. The van der Waals surface area contributed by atoms with Gasteiger partial charge in [-0.25, -0.2) is 15.0 Å². The van der Waals surface area contributed by atoms with Crippen molar-refractivity contribution in [1.29, 1.82) is 0 Å². The highest BCUT2D eigenvalue weighted by molar-refractivity contribution is 7.21. The quantitative estimate of drug-likeness (QED) is 0.690. The number of allylic oxidation sites excluding steroid dienone is 1. The van der Waals surface area contributed by atoms with E-state index in [0.717, 1.165) is 45.4 Å². The van der Waals surface area contributed by atoms with Crippen LogP contribution in [-0.4, -0.2) is 27.2 Å². The number of aliphatic imine (C=N–C) groups is 1. The van der Waals surface area contributed by atoms with Gasteiger partial charge < -0.3 is 5.32 Å². The monoisotopic (exact) mass is 363 g/mol. The maximum absolute atomic E-state index is 4.82. The van der Waals surface area contributed by atoms with Gasteiger partial charge in [0.15, 0.2) is 5.13 Å². The topological polar surface area (TPSA) is 63.1 Å². The SMILES string of the molecule is CCc1ccnc(Nc2nc3ccc(C4=C(C)C(CC)N=C4)nc3s2)c1. The highest BCUT2D eigenvalue weighted by Gasteiger charge is 2.19. The summed E-state index contributed by atoms with van der Waals surface area (Å²) >= 11 is 1.55. The first kappa shape index (κ1) is 16.8. The first-order valence-corrected chi connectivity index (χ1v) is 9.73. The smallest absolute Gasteiger partial charge is 0.190 e. The van der Waals surface area contributed by atoms with Gasteiger partial charge in [0, 0.05) is 18.0 Å². The van der Waals surface area contributed by atoms with Crippen molar-refractivity contribution in [2.75, 3.05) is 5.32 Å². The molecule has 26 heavy (non-hydrogen) atoms. The number of fused-ring (bicyclic) bond motifs is 1. The number of hydrogen-bond donors (Lipinski definition) is 1. The van der Waals surface area contributed by atoms with Crippen molar-refractivity contribution in [1.82, 2.24) is 15.0 Å². The van der Waals surface area contributed by atoms with E-state index in [1.165, 1.54) is 11.1 Å². The lowest BCUT2D eigenvalue weighted by molar-refractivity contribution is 0.758. The lowest BCUT2D eigenvalue weighted by Crippen LogP contribution is -2.00. The predicted molar refractivity (Wildman–Crippen MR) is 109 cm³/mol. The summed E-state index contributed by atoms with van der Waals surface area (Å²) in [5.41, 5.74) is 5.54. The number of rotatable bonds is 5. The van der Waals surface area contributed by atoms with Gasteiger partial charge in [0.05, 0.1) is 11.7 Å². The second-order valence-electron chi connectivity index (χ2n) is 6.37. The van der Waals surface area contributed by atoms with Crippen LogP contribution in [0.5, 0.6) is 0 Å². The van der Waals surface area contributed by atoms with E-state index in [4.69, 9.17) is 4.98 Å². The molecule has 0 fully saturated rings. The van der Waals surface area contributed by atoms with Crippen molar-refractivity contribution in [3.05, 3.63) is 47.3 Å². The van der Waals surface area contributed by atoms with Crippen molar-refractivity contribution in [2.24, 2.45) is 4.99 Å². The van der Waals surface area contributed by atoms with E-state index >= 15 is 0 Å². The molecule has 1 aliphatic heterocycles. The Hall–Kier alpha value is -2.60. The van der Waals surface area contributed by atoms with Crippen molar-refractivity contribution in [3.8, 4) is 0 Å². The molecule has 0 aliphatic carbocycles. The first-order chi connectivity index (χ1) is 12.7. The van der Waals surface area contributed by atoms with Crippen LogP contribution in [0.1, 0.15) is 38.4 Å². The molecule has 0 saturated carbocycles. The van der Waals surface area contributed by atoms with Gasteiger partial charge in [-0.2, -0.15) is 0 Å². The van der Waals surface area contributed by atoms with E-state index in [9.17, 15) is 0 Å². The Morgan fingerprint density at radius 2 is 2.04 bits per heavy atom. The van der Waals surface area contributed by atoms with Gasteiger partial charge in [-0.15, -0.1) is 0 Å².